The molecule has 1 aliphatic rings. The second-order valence-electron chi connectivity index (χ2n) is 4.34. The summed E-state index contributed by atoms with van der Waals surface area (Å²) in [5.41, 5.74) is -0.193. The van der Waals surface area contributed by atoms with Crippen molar-refractivity contribution in [2.45, 2.75) is 24.8 Å². The maximum absolute atomic E-state index is 11.5. The molecule has 1 saturated carbocycles. The van der Waals surface area contributed by atoms with Gasteiger partial charge in [0.15, 0.2) is 11.4 Å². The largest absolute Gasteiger partial charge is 0.479 e. The summed E-state index contributed by atoms with van der Waals surface area (Å²) in [6, 6.07) is 1.88. The average molecular weight is 408 g/mol. The van der Waals surface area contributed by atoms with Crippen LogP contribution in [-0.4, -0.2) is 31.3 Å². The van der Waals surface area contributed by atoms with Gasteiger partial charge in [-0.1, -0.05) is 0 Å². The lowest BCUT2D eigenvalue weighted by molar-refractivity contribution is -0.153. The number of thiophene rings is 1. The fourth-order valence-corrected chi connectivity index (χ4v) is 4.95. The SMILES string of the molecule is O=C(O)C1(n2nnnc2-c2cc(Br)sc2Br)CCC1. The van der Waals surface area contributed by atoms with Gasteiger partial charge in [0, 0.05) is 5.56 Å². The average Bonchev–Trinajstić information content (AvgIpc) is 2.83. The number of aromatic nitrogens is 4. The predicted molar refractivity (Wildman–Crippen MR) is 76.0 cm³/mol. The van der Waals surface area contributed by atoms with E-state index < -0.39 is 11.5 Å². The molecule has 0 atom stereocenters. The first-order chi connectivity index (χ1) is 9.04. The number of hydrogen-bond donors (Lipinski definition) is 1. The third-order valence-corrected chi connectivity index (χ3v) is 5.69. The maximum atomic E-state index is 11.5. The Balaban J connectivity index is 2.13. The summed E-state index contributed by atoms with van der Waals surface area (Å²) >= 11 is 8.34. The molecule has 0 aromatic carbocycles. The van der Waals surface area contributed by atoms with Gasteiger partial charge in [-0.15, -0.1) is 16.4 Å². The van der Waals surface area contributed by atoms with Gasteiger partial charge in [-0.3, -0.25) is 0 Å². The highest BCUT2D eigenvalue weighted by atomic mass is 79.9. The normalized spacial score (nSPS) is 17.2. The summed E-state index contributed by atoms with van der Waals surface area (Å²) in [4.78, 5) is 11.5. The van der Waals surface area contributed by atoms with E-state index in [0.717, 1.165) is 19.6 Å². The van der Waals surface area contributed by atoms with Gasteiger partial charge in [0.05, 0.1) is 7.57 Å². The summed E-state index contributed by atoms with van der Waals surface area (Å²) in [7, 11) is 0. The monoisotopic (exact) mass is 406 g/mol. The third kappa shape index (κ3) is 1.95. The second-order valence-corrected chi connectivity index (χ2v) is 8.09. The smallest absolute Gasteiger partial charge is 0.331 e. The van der Waals surface area contributed by atoms with Gasteiger partial charge in [-0.05, 0) is 67.6 Å². The fraction of sp³-hybridized carbons (Fsp3) is 0.400. The second kappa shape index (κ2) is 4.64. The highest BCUT2D eigenvalue weighted by Crippen LogP contribution is 2.43. The van der Waals surface area contributed by atoms with E-state index in [1.807, 2.05) is 6.07 Å². The van der Waals surface area contributed by atoms with Crippen LogP contribution in [0.15, 0.2) is 13.6 Å². The molecular formula is C10H8Br2N4O2S. The van der Waals surface area contributed by atoms with Gasteiger partial charge in [-0.25, -0.2) is 9.48 Å². The van der Waals surface area contributed by atoms with Crippen molar-refractivity contribution in [1.82, 2.24) is 20.2 Å². The van der Waals surface area contributed by atoms with Crippen LogP contribution < -0.4 is 0 Å². The number of carboxylic acid groups (broad SMARTS) is 1. The molecule has 1 N–H and O–H groups in total. The maximum Gasteiger partial charge on any atom is 0.331 e. The number of tetrazole rings is 1. The lowest BCUT2D eigenvalue weighted by Crippen LogP contribution is -2.48. The molecule has 0 spiro atoms. The van der Waals surface area contributed by atoms with Crippen molar-refractivity contribution >= 4 is 49.2 Å². The number of carbonyl (C=O) groups is 1. The molecule has 0 radical (unpaired) electrons. The molecule has 0 bridgehead atoms. The van der Waals surface area contributed by atoms with E-state index in [1.165, 1.54) is 16.0 Å². The molecule has 100 valence electrons. The Kier molecular flexibility index (Phi) is 3.22. The van der Waals surface area contributed by atoms with Crippen LogP contribution >= 0.6 is 43.2 Å². The molecule has 0 amide bonds. The first kappa shape index (κ1) is 13.2. The van der Waals surface area contributed by atoms with E-state index in [4.69, 9.17) is 0 Å². The number of hydrogen-bond acceptors (Lipinski definition) is 5. The molecule has 19 heavy (non-hydrogen) atoms. The van der Waals surface area contributed by atoms with Crippen LogP contribution in [0.25, 0.3) is 11.4 Å². The van der Waals surface area contributed by atoms with Crippen LogP contribution in [0.1, 0.15) is 19.3 Å². The standard InChI is InChI=1S/C10H8Br2N4O2S/c11-6-4-5(7(12)19-6)8-13-14-15-16(8)10(9(17)18)2-1-3-10/h4H,1-3H2,(H,17,18). The summed E-state index contributed by atoms with van der Waals surface area (Å²) in [5.74, 6) is -0.395. The van der Waals surface area contributed by atoms with Gasteiger partial charge < -0.3 is 5.11 Å². The Morgan fingerprint density at radius 1 is 1.47 bits per heavy atom. The molecule has 1 aliphatic carbocycles. The Labute approximate surface area is 129 Å². The third-order valence-electron chi connectivity index (χ3n) is 3.35. The molecule has 2 aromatic heterocycles. The Morgan fingerprint density at radius 3 is 2.68 bits per heavy atom. The molecule has 0 saturated heterocycles. The van der Waals surface area contributed by atoms with E-state index >= 15 is 0 Å². The van der Waals surface area contributed by atoms with Crippen LogP contribution in [0.4, 0.5) is 0 Å². The van der Waals surface area contributed by atoms with Gasteiger partial charge >= 0.3 is 5.97 Å². The molecule has 0 aliphatic heterocycles. The number of halogens is 2. The van der Waals surface area contributed by atoms with Gasteiger partial charge in [0.1, 0.15) is 0 Å². The highest BCUT2D eigenvalue weighted by molar-refractivity contribution is 9.12. The number of nitrogens with zero attached hydrogens (tertiary/aromatic N) is 4. The zero-order valence-electron chi connectivity index (χ0n) is 9.51. The summed E-state index contributed by atoms with van der Waals surface area (Å²) in [5, 5.41) is 21.0. The number of carboxylic acids is 1. The fourth-order valence-electron chi connectivity index (χ4n) is 2.16. The van der Waals surface area contributed by atoms with E-state index in [1.54, 1.807) is 0 Å². The molecule has 1 fully saturated rings. The minimum Gasteiger partial charge on any atom is -0.479 e. The molecule has 2 heterocycles. The minimum absolute atomic E-state index is 0.482. The van der Waals surface area contributed by atoms with E-state index in [2.05, 4.69) is 47.4 Å². The number of aliphatic carboxylic acids is 1. The molecule has 0 unspecified atom stereocenters. The van der Waals surface area contributed by atoms with Crippen molar-refractivity contribution in [3.63, 3.8) is 0 Å². The zero-order chi connectivity index (χ0) is 13.6. The molecule has 9 heteroatoms. The van der Waals surface area contributed by atoms with Crippen molar-refractivity contribution in [2.24, 2.45) is 0 Å². The lowest BCUT2D eigenvalue weighted by atomic mass is 9.77. The van der Waals surface area contributed by atoms with E-state index in [0.29, 0.717) is 18.7 Å². The lowest BCUT2D eigenvalue weighted by Gasteiger charge is -2.37. The summed E-state index contributed by atoms with van der Waals surface area (Å²) in [6.45, 7) is 0. The Hall–Kier alpha value is -0.800. The van der Waals surface area contributed by atoms with Crippen LogP contribution in [0.3, 0.4) is 0 Å². The van der Waals surface area contributed by atoms with Gasteiger partial charge in [0.2, 0.25) is 0 Å². The Bertz CT molecular complexity index is 650. The van der Waals surface area contributed by atoms with Gasteiger partial charge in [0.25, 0.3) is 0 Å². The molecule has 3 rings (SSSR count). The van der Waals surface area contributed by atoms with Crippen molar-refractivity contribution in [1.29, 1.82) is 0 Å². The summed E-state index contributed by atoms with van der Waals surface area (Å²) < 4.78 is 3.25. The number of rotatable bonds is 3. The van der Waals surface area contributed by atoms with Crippen LogP contribution in [0.5, 0.6) is 0 Å². The minimum atomic E-state index is -0.993. The quantitative estimate of drug-likeness (QED) is 0.845. The zero-order valence-corrected chi connectivity index (χ0v) is 13.5. The first-order valence-electron chi connectivity index (χ1n) is 5.52. The van der Waals surface area contributed by atoms with Crippen LogP contribution in [0, 0.1) is 0 Å². The molecule has 2 aromatic rings. The van der Waals surface area contributed by atoms with Crippen LogP contribution in [0.2, 0.25) is 0 Å². The summed E-state index contributed by atoms with van der Waals surface area (Å²) in [6.07, 6.45) is 1.99. The topological polar surface area (TPSA) is 80.9 Å². The van der Waals surface area contributed by atoms with Crippen molar-refractivity contribution < 1.29 is 9.90 Å². The predicted octanol–water partition coefficient (Wildman–Crippen LogP) is 2.89. The van der Waals surface area contributed by atoms with Crippen molar-refractivity contribution in [3.05, 3.63) is 13.6 Å². The van der Waals surface area contributed by atoms with Crippen molar-refractivity contribution in [2.75, 3.05) is 0 Å². The highest BCUT2D eigenvalue weighted by Gasteiger charge is 2.49. The Morgan fingerprint density at radius 2 is 2.21 bits per heavy atom. The molecular weight excluding hydrogens is 400 g/mol. The van der Waals surface area contributed by atoms with E-state index in [-0.39, 0.29) is 0 Å². The van der Waals surface area contributed by atoms with Crippen molar-refractivity contribution in [3.8, 4) is 11.4 Å². The molecule has 6 nitrogen and oxygen atoms in total. The van der Waals surface area contributed by atoms with Crippen LogP contribution in [-0.2, 0) is 10.3 Å². The first-order valence-corrected chi connectivity index (χ1v) is 7.92. The van der Waals surface area contributed by atoms with E-state index in [9.17, 15) is 9.90 Å². The van der Waals surface area contributed by atoms with Gasteiger partial charge in [-0.2, -0.15) is 0 Å².